The van der Waals surface area contributed by atoms with Crippen LogP contribution in [0.15, 0.2) is 60.7 Å². The van der Waals surface area contributed by atoms with Crippen LogP contribution in [0.1, 0.15) is 66.0 Å². The maximum atomic E-state index is 14.3. The highest BCUT2D eigenvalue weighted by atomic mass is 32.2. The summed E-state index contributed by atoms with van der Waals surface area (Å²) in [6.45, 7) is 11.3. The Hall–Kier alpha value is -2.67. The van der Waals surface area contributed by atoms with Crippen LogP contribution >= 0.6 is 0 Å². The molecule has 0 fully saturated rings. The van der Waals surface area contributed by atoms with Gasteiger partial charge in [0, 0.05) is 24.0 Å². The van der Waals surface area contributed by atoms with Crippen molar-refractivity contribution in [1.82, 2.24) is 14.3 Å². The maximum Gasteiger partial charge on any atom is 0.410 e. The fourth-order valence-corrected chi connectivity index (χ4v) is 5.68. The van der Waals surface area contributed by atoms with E-state index in [-0.39, 0.29) is 19.8 Å². The van der Waals surface area contributed by atoms with E-state index in [2.05, 4.69) is 4.72 Å². The van der Waals surface area contributed by atoms with Crippen LogP contribution in [0, 0.1) is 5.92 Å². The van der Waals surface area contributed by atoms with E-state index >= 15 is 0 Å². The Morgan fingerprint density at radius 1 is 0.905 bits per heavy atom. The summed E-state index contributed by atoms with van der Waals surface area (Å²) in [5.41, 5.74) is -0.286. The van der Waals surface area contributed by atoms with Crippen molar-refractivity contribution in [3.05, 3.63) is 71.8 Å². The fraction of sp³-hybridized carbons (Fsp3) is 0.567. The molecule has 1 unspecified atom stereocenters. The van der Waals surface area contributed by atoms with Crippen molar-refractivity contribution in [2.24, 2.45) is 5.92 Å². The summed E-state index contributed by atoms with van der Waals surface area (Å²) in [5, 5.41) is 0. The van der Waals surface area contributed by atoms with Gasteiger partial charge >= 0.3 is 12.3 Å². The highest BCUT2D eigenvalue weighted by Crippen LogP contribution is 2.30. The summed E-state index contributed by atoms with van der Waals surface area (Å²) in [7, 11) is -4.53. The summed E-state index contributed by atoms with van der Waals surface area (Å²) >= 11 is 0. The monoisotopic (exact) mass is 615 g/mol. The number of benzene rings is 2. The number of halogens is 3. The molecule has 0 aliphatic rings. The van der Waals surface area contributed by atoms with Gasteiger partial charge in [0.1, 0.15) is 11.6 Å². The Kier molecular flexibility index (Phi) is 12.4. The lowest BCUT2D eigenvalue weighted by Crippen LogP contribution is -2.55. The minimum absolute atomic E-state index is 0.0695. The van der Waals surface area contributed by atoms with E-state index in [0.29, 0.717) is 0 Å². The quantitative estimate of drug-likeness (QED) is 0.280. The number of carbonyl (C=O) groups is 1. The Morgan fingerprint density at radius 2 is 1.43 bits per heavy atom. The molecular weight excluding hydrogens is 571 g/mol. The molecule has 1 amide bonds. The molecule has 0 bridgehead atoms. The van der Waals surface area contributed by atoms with Crippen molar-refractivity contribution in [3.8, 4) is 0 Å². The maximum absolute atomic E-state index is 14.3. The van der Waals surface area contributed by atoms with E-state index in [4.69, 9.17) is 9.47 Å². The lowest BCUT2D eigenvalue weighted by molar-refractivity contribution is -0.157. The predicted molar refractivity (Wildman–Crippen MR) is 157 cm³/mol. The van der Waals surface area contributed by atoms with E-state index in [1.165, 1.54) is 25.7 Å². The molecule has 0 aliphatic heterocycles. The van der Waals surface area contributed by atoms with E-state index < -0.39 is 58.0 Å². The summed E-state index contributed by atoms with van der Waals surface area (Å²) in [5.74, 6) is -0.936. The number of rotatable bonds is 13. The number of hydrogen-bond acceptors (Lipinski definition) is 5. The van der Waals surface area contributed by atoms with Crippen LogP contribution in [-0.4, -0.2) is 55.4 Å². The lowest BCUT2D eigenvalue weighted by atomic mass is 9.92. The van der Waals surface area contributed by atoms with Crippen molar-refractivity contribution in [2.45, 2.75) is 97.4 Å². The van der Waals surface area contributed by atoms with Crippen molar-refractivity contribution in [2.75, 3.05) is 6.61 Å². The topological polar surface area (TPSA) is 97.0 Å². The minimum atomic E-state index is -4.92. The molecule has 0 spiro atoms. The molecular formula is C30H44F3N3O5S. The third-order valence-electron chi connectivity index (χ3n) is 6.11. The Morgan fingerprint density at radius 3 is 1.90 bits per heavy atom. The summed E-state index contributed by atoms with van der Waals surface area (Å²) in [4.78, 5) is 14.8. The second-order valence-corrected chi connectivity index (χ2v) is 13.8. The molecule has 0 aliphatic carbocycles. The van der Waals surface area contributed by atoms with E-state index in [1.54, 1.807) is 56.7 Å². The molecule has 3 atom stereocenters. The molecule has 0 saturated carbocycles. The number of alkyl halides is 3. The zero-order valence-electron chi connectivity index (χ0n) is 25.4. The van der Waals surface area contributed by atoms with Crippen LogP contribution in [0.3, 0.4) is 0 Å². The third kappa shape index (κ3) is 13.1. The van der Waals surface area contributed by atoms with Crippen molar-refractivity contribution < 1.29 is 35.9 Å². The molecule has 2 rings (SSSR count). The van der Waals surface area contributed by atoms with Gasteiger partial charge in [0.25, 0.3) is 10.2 Å². The molecule has 236 valence electrons. The molecule has 2 aromatic carbocycles. The smallest absolute Gasteiger partial charge is 0.410 e. The second-order valence-electron chi connectivity index (χ2n) is 12.4. The molecule has 0 saturated heterocycles. The highest BCUT2D eigenvalue weighted by Gasteiger charge is 2.45. The standard InChI is InChI=1S/C30H44F3N3O5S/c1-22(36(27(37)41-29(5,6)7)19-23-14-10-8-11-15-23)25(21-40-20-24-16-12-9-13-17-24)18-26(30(31,32)33)34-42(38,39)35-28(2,3)4/h8-17,22,25-26,34-35H,18-21H2,1-7H3/t22-,25+,26?/m1/s1. The average molecular weight is 616 g/mol. The second kappa shape index (κ2) is 14.7. The zero-order chi connectivity index (χ0) is 31.8. The van der Waals surface area contributed by atoms with Gasteiger partial charge in [-0.2, -0.15) is 31.0 Å². The van der Waals surface area contributed by atoms with Gasteiger partial charge in [-0.15, -0.1) is 0 Å². The van der Waals surface area contributed by atoms with Gasteiger partial charge < -0.3 is 14.4 Å². The first-order valence-corrected chi connectivity index (χ1v) is 15.3. The van der Waals surface area contributed by atoms with Crippen LogP contribution in [0.4, 0.5) is 18.0 Å². The Balaban J connectivity index is 2.44. The van der Waals surface area contributed by atoms with Gasteiger partial charge in [0.05, 0.1) is 13.2 Å². The van der Waals surface area contributed by atoms with Gasteiger partial charge in [0.15, 0.2) is 0 Å². The van der Waals surface area contributed by atoms with E-state index in [9.17, 15) is 26.4 Å². The van der Waals surface area contributed by atoms with Crippen LogP contribution in [-0.2, 0) is 32.8 Å². The number of nitrogens with one attached hydrogen (secondary N) is 2. The molecule has 2 N–H and O–H groups in total. The number of carbonyl (C=O) groups excluding carboxylic acids is 1. The average Bonchev–Trinajstić information content (AvgIpc) is 2.83. The lowest BCUT2D eigenvalue weighted by Gasteiger charge is -2.37. The SMILES string of the molecule is C[C@H]([C@H](COCc1ccccc1)CC(NS(=O)(=O)NC(C)(C)C)C(F)(F)F)N(Cc1ccccc1)C(=O)OC(C)(C)C. The third-order valence-corrected chi connectivity index (χ3v) is 7.59. The van der Waals surface area contributed by atoms with Gasteiger partial charge in [-0.25, -0.2) is 4.79 Å². The fourth-order valence-electron chi connectivity index (χ4n) is 4.21. The van der Waals surface area contributed by atoms with Gasteiger partial charge in [-0.1, -0.05) is 60.7 Å². The zero-order valence-corrected chi connectivity index (χ0v) is 26.2. The molecule has 0 radical (unpaired) electrons. The van der Waals surface area contributed by atoms with Crippen LogP contribution in [0.2, 0.25) is 0 Å². The molecule has 8 nitrogen and oxygen atoms in total. The van der Waals surface area contributed by atoms with Gasteiger partial charge in [-0.05, 0) is 66.0 Å². The summed E-state index contributed by atoms with van der Waals surface area (Å²) in [6, 6.07) is 14.9. The number of nitrogens with zero attached hydrogens (tertiary/aromatic N) is 1. The number of hydrogen-bond donors (Lipinski definition) is 2. The van der Waals surface area contributed by atoms with E-state index in [0.717, 1.165) is 11.1 Å². The first-order chi connectivity index (χ1) is 19.3. The Bertz CT molecular complexity index is 1210. The van der Waals surface area contributed by atoms with Crippen LogP contribution in [0.5, 0.6) is 0 Å². The molecule has 2 aromatic rings. The summed E-state index contributed by atoms with van der Waals surface area (Å²) < 4.78 is 83.8. The minimum Gasteiger partial charge on any atom is -0.444 e. The molecule has 0 heterocycles. The molecule has 0 aromatic heterocycles. The van der Waals surface area contributed by atoms with Crippen molar-refractivity contribution in [3.63, 3.8) is 0 Å². The van der Waals surface area contributed by atoms with Crippen LogP contribution < -0.4 is 9.44 Å². The molecule has 42 heavy (non-hydrogen) atoms. The van der Waals surface area contributed by atoms with Crippen LogP contribution in [0.25, 0.3) is 0 Å². The number of amides is 1. The first kappa shape index (κ1) is 35.5. The van der Waals surface area contributed by atoms with Gasteiger partial charge in [0.2, 0.25) is 0 Å². The first-order valence-electron chi connectivity index (χ1n) is 13.8. The normalized spacial score (nSPS) is 15.1. The predicted octanol–water partition coefficient (Wildman–Crippen LogP) is 6.19. The van der Waals surface area contributed by atoms with E-state index in [1.807, 2.05) is 36.4 Å². The van der Waals surface area contributed by atoms with Crippen molar-refractivity contribution >= 4 is 16.3 Å². The highest BCUT2D eigenvalue weighted by molar-refractivity contribution is 7.87. The summed E-state index contributed by atoms with van der Waals surface area (Å²) in [6.07, 6.45) is -6.30. The van der Waals surface area contributed by atoms with Crippen molar-refractivity contribution in [1.29, 1.82) is 0 Å². The Labute approximate surface area is 248 Å². The largest absolute Gasteiger partial charge is 0.444 e. The number of ether oxygens (including phenoxy) is 2. The molecule has 12 heteroatoms. The van der Waals surface area contributed by atoms with Gasteiger partial charge in [-0.3, -0.25) is 0 Å².